The highest BCUT2D eigenvalue weighted by molar-refractivity contribution is 5.70. The molecule has 0 heterocycles. The van der Waals surface area contributed by atoms with Crippen molar-refractivity contribution in [1.82, 2.24) is 5.32 Å². The molecule has 0 aromatic rings. The molecule has 4 nitrogen and oxygen atoms in total. The Balaban J connectivity index is 3.50. The predicted octanol–water partition coefficient (Wildman–Crippen LogP) is 2.51. The van der Waals surface area contributed by atoms with E-state index in [-0.39, 0.29) is 12.6 Å². The summed E-state index contributed by atoms with van der Waals surface area (Å²) in [7, 11) is 0. The first-order chi connectivity index (χ1) is 8.74. The van der Waals surface area contributed by atoms with Crippen molar-refractivity contribution in [1.29, 1.82) is 0 Å². The van der Waals surface area contributed by atoms with Crippen molar-refractivity contribution < 1.29 is 14.3 Å². The van der Waals surface area contributed by atoms with E-state index in [2.05, 4.69) is 19.2 Å². The Morgan fingerprint density at radius 2 is 1.94 bits per heavy atom. The van der Waals surface area contributed by atoms with Crippen molar-refractivity contribution >= 4 is 5.97 Å². The van der Waals surface area contributed by atoms with Crippen LogP contribution in [0.15, 0.2) is 0 Å². The lowest BCUT2D eigenvalue weighted by Gasteiger charge is -2.17. The zero-order valence-electron chi connectivity index (χ0n) is 12.2. The van der Waals surface area contributed by atoms with Gasteiger partial charge in [0.1, 0.15) is 6.61 Å². The fourth-order valence-corrected chi connectivity index (χ4v) is 1.84. The van der Waals surface area contributed by atoms with E-state index in [1.165, 1.54) is 32.1 Å². The van der Waals surface area contributed by atoms with Crippen LogP contribution in [-0.4, -0.2) is 38.4 Å². The summed E-state index contributed by atoms with van der Waals surface area (Å²) < 4.78 is 10.0. The van der Waals surface area contributed by atoms with Crippen LogP contribution < -0.4 is 5.32 Å². The van der Waals surface area contributed by atoms with E-state index in [1.807, 2.05) is 0 Å². The number of hydrogen-bond acceptors (Lipinski definition) is 4. The summed E-state index contributed by atoms with van der Waals surface area (Å²) in [5, 5.41) is 3.48. The normalized spacial score (nSPS) is 12.4. The van der Waals surface area contributed by atoms with Crippen molar-refractivity contribution in [2.75, 3.05) is 26.4 Å². The molecular formula is C14H29NO3. The quantitative estimate of drug-likeness (QED) is 0.432. The molecule has 0 radical (unpaired) electrons. The van der Waals surface area contributed by atoms with Gasteiger partial charge in [0.05, 0.1) is 13.2 Å². The van der Waals surface area contributed by atoms with Crippen LogP contribution in [0, 0.1) is 0 Å². The summed E-state index contributed by atoms with van der Waals surface area (Å²) in [5.74, 6) is -0.284. The average Bonchev–Trinajstić information content (AvgIpc) is 2.35. The number of hydrogen-bond donors (Lipinski definition) is 1. The molecule has 0 fully saturated rings. The SMILES string of the molecule is CCCCC(CCC)NCCOCC(=O)OCC. The van der Waals surface area contributed by atoms with Crippen molar-refractivity contribution in [2.45, 2.75) is 58.9 Å². The lowest BCUT2D eigenvalue weighted by atomic mass is 10.1. The minimum absolute atomic E-state index is 0.0585. The van der Waals surface area contributed by atoms with Crippen LogP contribution in [0.1, 0.15) is 52.9 Å². The fraction of sp³-hybridized carbons (Fsp3) is 0.929. The highest BCUT2D eigenvalue weighted by atomic mass is 16.6. The summed E-state index contributed by atoms with van der Waals surface area (Å²) >= 11 is 0. The molecule has 1 N–H and O–H groups in total. The molecule has 0 bridgehead atoms. The van der Waals surface area contributed by atoms with Crippen molar-refractivity contribution in [3.05, 3.63) is 0 Å². The zero-order chi connectivity index (χ0) is 13.6. The van der Waals surface area contributed by atoms with Crippen molar-refractivity contribution in [2.24, 2.45) is 0 Å². The molecule has 0 saturated heterocycles. The number of ether oxygens (including phenoxy) is 2. The van der Waals surface area contributed by atoms with Crippen LogP contribution >= 0.6 is 0 Å². The standard InChI is InChI=1S/C14H29NO3/c1-4-7-9-13(8-5-2)15-10-11-17-12-14(16)18-6-3/h13,15H,4-12H2,1-3H3. The van der Waals surface area contributed by atoms with Gasteiger partial charge in [0.2, 0.25) is 0 Å². The first-order valence-corrected chi connectivity index (χ1v) is 7.21. The van der Waals surface area contributed by atoms with Crippen molar-refractivity contribution in [3.8, 4) is 0 Å². The van der Waals surface area contributed by atoms with Crippen LogP contribution in [0.5, 0.6) is 0 Å². The van der Waals surface area contributed by atoms with E-state index >= 15 is 0 Å². The molecule has 0 aromatic heterocycles. The van der Waals surface area contributed by atoms with E-state index in [9.17, 15) is 4.79 Å². The molecule has 0 aliphatic heterocycles. The van der Waals surface area contributed by atoms with Gasteiger partial charge in [0.25, 0.3) is 0 Å². The van der Waals surface area contributed by atoms with E-state index in [4.69, 9.17) is 9.47 Å². The number of rotatable bonds is 12. The van der Waals surface area contributed by atoms with E-state index < -0.39 is 0 Å². The molecule has 18 heavy (non-hydrogen) atoms. The Kier molecular flexibility index (Phi) is 12.4. The van der Waals surface area contributed by atoms with Crippen LogP contribution in [-0.2, 0) is 14.3 Å². The van der Waals surface area contributed by atoms with Crippen LogP contribution in [0.3, 0.4) is 0 Å². The van der Waals surface area contributed by atoms with Crippen LogP contribution in [0.2, 0.25) is 0 Å². The van der Waals surface area contributed by atoms with E-state index in [0.29, 0.717) is 19.3 Å². The molecule has 0 spiro atoms. The maximum absolute atomic E-state index is 11.0. The maximum Gasteiger partial charge on any atom is 0.332 e. The Morgan fingerprint density at radius 1 is 1.17 bits per heavy atom. The van der Waals surface area contributed by atoms with Gasteiger partial charge in [-0.3, -0.25) is 0 Å². The number of carbonyl (C=O) groups is 1. The molecule has 108 valence electrons. The minimum atomic E-state index is -0.284. The smallest absolute Gasteiger partial charge is 0.332 e. The fourth-order valence-electron chi connectivity index (χ4n) is 1.84. The number of carbonyl (C=O) groups excluding carboxylic acids is 1. The summed E-state index contributed by atoms with van der Waals surface area (Å²) in [5.41, 5.74) is 0. The summed E-state index contributed by atoms with van der Waals surface area (Å²) in [4.78, 5) is 11.0. The van der Waals surface area contributed by atoms with Crippen LogP contribution in [0.4, 0.5) is 0 Å². The summed E-state index contributed by atoms with van der Waals surface area (Å²) in [6, 6.07) is 0.584. The third kappa shape index (κ3) is 10.5. The average molecular weight is 259 g/mol. The summed E-state index contributed by atoms with van der Waals surface area (Å²) in [6.07, 6.45) is 6.13. The molecule has 0 rings (SSSR count). The predicted molar refractivity (Wildman–Crippen MR) is 73.7 cm³/mol. The Labute approximate surface area is 111 Å². The molecule has 0 aliphatic carbocycles. The lowest BCUT2D eigenvalue weighted by Crippen LogP contribution is -2.32. The molecule has 1 atom stereocenters. The Hall–Kier alpha value is -0.610. The van der Waals surface area contributed by atoms with Gasteiger partial charge in [-0.15, -0.1) is 0 Å². The van der Waals surface area contributed by atoms with Gasteiger partial charge < -0.3 is 14.8 Å². The van der Waals surface area contributed by atoms with Gasteiger partial charge in [-0.1, -0.05) is 33.1 Å². The second kappa shape index (κ2) is 12.8. The van der Waals surface area contributed by atoms with Crippen molar-refractivity contribution in [3.63, 3.8) is 0 Å². The second-order valence-electron chi connectivity index (χ2n) is 4.44. The van der Waals surface area contributed by atoms with E-state index in [0.717, 1.165) is 6.54 Å². The van der Waals surface area contributed by atoms with Gasteiger partial charge in [-0.2, -0.15) is 0 Å². The first kappa shape index (κ1) is 17.4. The highest BCUT2D eigenvalue weighted by Crippen LogP contribution is 2.06. The Morgan fingerprint density at radius 3 is 2.56 bits per heavy atom. The molecular weight excluding hydrogens is 230 g/mol. The molecule has 0 amide bonds. The number of unbranched alkanes of at least 4 members (excludes halogenated alkanes) is 1. The third-order valence-corrected chi connectivity index (χ3v) is 2.75. The van der Waals surface area contributed by atoms with Gasteiger partial charge in [0, 0.05) is 12.6 Å². The van der Waals surface area contributed by atoms with Gasteiger partial charge in [0.15, 0.2) is 0 Å². The number of nitrogens with one attached hydrogen (secondary N) is 1. The lowest BCUT2D eigenvalue weighted by molar-refractivity contribution is -0.148. The topological polar surface area (TPSA) is 47.6 Å². The minimum Gasteiger partial charge on any atom is -0.464 e. The first-order valence-electron chi connectivity index (χ1n) is 7.21. The second-order valence-corrected chi connectivity index (χ2v) is 4.44. The van der Waals surface area contributed by atoms with E-state index in [1.54, 1.807) is 6.92 Å². The van der Waals surface area contributed by atoms with Crippen LogP contribution in [0.25, 0.3) is 0 Å². The monoisotopic (exact) mass is 259 g/mol. The number of esters is 1. The summed E-state index contributed by atoms with van der Waals surface area (Å²) in [6.45, 7) is 8.05. The van der Waals surface area contributed by atoms with Gasteiger partial charge >= 0.3 is 5.97 Å². The van der Waals surface area contributed by atoms with Gasteiger partial charge in [-0.25, -0.2) is 4.79 Å². The molecule has 1 unspecified atom stereocenters. The largest absolute Gasteiger partial charge is 0.464 e. The molecule has 0 aromatic carbocycles. The Bertz CT molecular complexity index is 197. The maximum atomic E-state index is 11.0. The highest BCUT2D eigenvalue weighted by Gasteiger charge is 2.06. The zero-order valence-corrected chi connectivity index (χ0v) is 12.2. The molecule has 0 aliphatic rings. The third-order valence-electron chi connectivity index (χ3n) is 2.75. The molecule has 0 saturated carbocycles. The molecule has 4 heteroatoms. The van der Waals surface area contributed by atoms with Gasteiger partial charge in [-0.05, 0) is 19.8 Å².